The third kappa shape index (κ3) is 10.0. The maximum Gasteiger partial charge on any atom is 0.408 e. The zero-order valence-corrected chi connectivity index (χ0v) is 24.5. The van der Waals surface area contributed by atoms with Gasteiger partial charge >= 0.3 is 6.09 Å². The average Bonchev–Trinajstić information content (AvgIpc) is 2.88. The Morgan fingerprint density at radius 3 is 2.31 bits per heavy atom. The Hall–Kier alpha value is -3.40. The maximum atomic E-state index is 14.1. The fourth-order valence-corrected chi connectivity index (χ4v) is 4.36. The molecule has 10 heteroatoms. The molecule has 0 bridgehead atoms. The Morgan fingerprint density at radius 1 is 1.08 bits per heavy atom. The number of nitrogens with zero attached hydrogens (tertiary/aromatic N) is 1. The lowest BCUT2D eigenvalue weighted by atomic mass is 10.0. The normalized spacial score (nSPS) is 12.7. The molecule has 2 atom stereocenters. The molecule has 0 radical (unpaired) electrons. The summed E-state index contributed by atoms with van der Waals surface area (Å²) in [5.41, 5.74) is 0.0548. The zero-order chi connectivity index (χ0) is 29.0. The van der Waals surface area contributed by atoms with Gasteiger partial charge in [-0.05, 0) is 76.0 Å². The van der Waals surface area contributed by atoms with Crippen LogP contribution in [0.2, 0.25) is 0 Å². The Balaban J connectivity index is 2.50. The number of ether oxygens (including phenoxy) is 2. The molecule has 0 heterocycles. The quantitative estimate of drug-likeness (QED) is 0.303. The van der Waals surface area contributed by atoms with E-state index in [2.05, 4.69) is 10.6 Å². The summed E-state index contributed by atoms with van der Waals surface area (Å²) in [6, 6.07) is 11.2. The van der Waals surface area contributed by atoms with Gasteiger partial charge < -0.3 is 30.1 Å². The molecule has 39 heavy (non-hydrogen) atoms. The van der Waals surface area contributed by atoms with Crippen LogP contribution in [0.3, 0.4) is 0 Å². The summed E-state index contributed by atoms with van der Waals surface area (Å²) < 4.78 is 10.6. The molecule has 0 aliphatic heterocycles. The van der Waals surface area contributed by atoms with Crippen LogP contribution in [-0.4, -0.2) is 65.2 Å². The molecule has 3 N–H and O–H groups in total. The van der Waals surface area contributed by atoms with E-state index in [4.69, 9.17) is 9.47 Å². The van der Waals surface area contributed by atoms with E-state index in [1.807, 2.05) is 13.2 Å². The Labute approximate surface area is 235 Å². The number of thioether (sulfide) groups is 1. The molecule has 0 saturated heterocycles. The molecular formula is C29H41N3O6S. The number of anilines is 1. The first-order chi connectivity index (χ1) is 18.5. The minimum absolute atomic E-state index is 0.109. The number of hydrogen-bond acceptors (Lipinski definition) is 7. The number of rotatable bonds is 13. The first kappa shape index (κ1) is 31.8. The van der Waals surface area contributed by atoms with E-state index in [0.29, 0.717) is 30.0 Å². The summed E-state index contributed by atoms with van der Waals surface area (Å²) in [5.74, 6) is 0.207. The van der Waals surface area contributed by atoms with Crippen molar-refractivity contribution in [2.24, 2.45) is 0 Å². The van der Waals surface area contributed by atoms with E-state index >= 15 is 0 Å². The lowest BCUT2D eigenvalue weighted by molar-refractivity contribution is -0.141. The Bertz CT molecular complexity index is 1090. The van der Waals surface area contributed by atoms with Gasteiger partial charge in [-0.3, -0.25) is 9.59 Å². The molecule has 0 spiro atoms. The van der Waals surface area contributed by atoms with Crippen LogP contribution in [0.5, 0.6) is 11.5 Å². The van der Waals surface area contributed by atoms with E-state index in [-0.39, 0.29) is 17.9 Å². The number of nitrogens with one attached hydrogen (secondary N) is 2. The van der Waals surface area contributed by atoms with Gasteiger partial charge in [-0.25, -0.2) is 4.79 Å². The number of aromatic hydroxyl groups is 1. The predicted molar refractivity (Wildman–Crippen MR) is 155 cm³/mol. The first-order valence-electron chi connectivity index (χ1n) is 13.0. The molecular weight excluding hydrogens is 518 g/mol. The number of carbonyl (C=O) groups is 3. The van der Waals surface area contributed by atoms with Crippen LogP contribution >= 0.6 is 11.8 Å². The summed E-state index contributed by atoms with van der Waals surface area (Å²) in [5, 5.41) is 16.3. The smallest absolute Gasteiger partial charge is 0.408 e. The van der Waals surface area contributed by atoms with Crippen LogP contribution < -0.4 is 15.4 Å². The van der Waals surface area contributed by atoms with Crippen molar-refractivity contribution < 1.29 is 29.0 Å². The van der Waals surface area contributed by atoms with Crippen LogP contribution in [-0.2, 0) is 14.3 Å². The van der Waals surface area contributed by atoms with Crippen LogP contribution in [0.4, 0.5) is 10.5 Å². The second kappa shape index (κ2) is 15.3. The fraction of sp³-hybridized carbons (Fsp3) is 0.483. The second-order valence-corrected chi connectivity index (χ2v) is 11.0. The van der Waals surface area contributed by atoms with E-state index < -0.39 is 35.6 Å². The van der Waals surface area contributed by atoms with Crippen LogP contribution in [0.25, 0.3) is 0 Å². The third-order valence-electron chi connectivity index (χ3n) is 5.78. The van der Waals surface area contributed by atoms with E-state index in [0.717, 1.165) is 6.42 Å². The Morgan fingerprint density at radius 2 is 1.74 bits per heavy atom. The highest BCUT2D eigenvalue weighted by Crippen LogP contribution is 2.31. The zero-order valence-electron chi connectivity index (χ0n) is 23.7. The highest BCUT2D eigenvalue weighted by molar-refractivity contribution is 7.98. The van der Waals surface area contributed by atoms with Crippen LogP contribution in [0.15, 0.2) is 48.5 Å². The van der Waals surface area contributed by atoms with Crippen molar-refractivity contribution in [1.82, 2.24) is 10.2 Å². The van der Waals surface area contributed by atoms with Crippen molar-refractivity contribution in [1.29, 1.82) is 0 Å². The van der Waals surface area contributed by atoms with Crippen molar-refractivity contribution >= 4 is 35.4 Å². The minimum atomic E-state index is -1.15. The number of alkyl carbamates (subject to hydrolysis) is 1. The van der Waals surface area contributed by atoms with Crippen LogP contribution in [0.1, 0.15) is 58.6 Å². The fourth-order valence-electron chi connectivity index (χ4n) is 3.89. The van der Waals surface area contributed by atoms with Gasteiger partial charge in [0.15, 0.2) is 0 Å². The molecule has 0 aliphatic carbocycles. The highest BCUT2D eigenvalue weighted by Gasteiger charge is 2.37. The summed E-state index contributed by atoms with van der Waals surface area (Å²) in [7, 11) is 1.55. The molecule has 2 aromatic carbocycles. The third-order valence-corrected chi connectivity index (χ3v) is 6.43. The number of unbranched alkanes of at least 4 members (excludes halogenated alkanes) is 1. The average molecular weight is 560 g/mol. The summed E-state index contributed by atoms with van der Waals surface area (Å²) in [4.78, 5) is 42.0. The number of para-hydroxylation sites is 1. The Kier molecular flexibility index (Phi) is 12.4. The monoisotopic (exact) mass is 559 g/mol. The number of methoxy groups -OCH3 is 1. The molecule has 2 rings (SSSR count). The molecule has 3 amide bonds. The van der Waals surface area contributed by atoms with Gasteiger partial charge in [-0.15, -0.1) is 0 Å². The lowest BCUT2D eigenvalue weighted by Gasteiger charge is -2.34. The van der Waals surface area contributed by atoms with Crippen molar-refractivity contribution in [3.8, 4) is 11.5 Å². The molecule has 0 saturated carbocycles. The van der Waals surface area contributed by atoms with E-state index in [9.17, 15) is 19.5 Å². The largest absolute Gasteiger partial charge is 0.508 e. The number of carbonyl (C=O) groups excluding carboxylic acids is 3. The lowest BCUT2D eigenvalue weighted by Crippen LogP contribution is -2.52. The minimum Gasteiger partial charge on any atom is -0.508 e. The summed E-state index contributed by atoms with van der Waals surface area (Å²) in [6.07, 6.45) is 2.94. The number of benzene rings is 2. The topological polar surface area (TPSA) is 117 Å². The highest BCUT2D eigenvalue weighted by atomic mass is 32.2. The summed E-state index contributed by atoms with van der Waals surface area (Å²) >= 11 is 1.54. The number of phenolic OH excluding ortho intramolecular Hbond substituents is 1. The maximum absolute atomic E-state index is 14.1. The molecule has 214 valence electrons. The van der Waals surface area contributed by atoms with Crippen molar-refractivity contribution in [3.63, 3.8) is 0 Å². The molecule has 9 nitrogen and oxygen atoms in total. The van der Waals surface area contributed by atoms with Crippen LogP contribution in [0, 0.1) is 0 Å². The number of phenols is 1. The molecule has 2 aromatic rings. The van der Waals surface area contributed by atoms with Gasteiger partial charge in [0, 0.05) is 17.8 Å². The van der Waals surface area contributed by atoms with Gasteiger partial charge in [-0.2, -0.15) is 11.8 Å². The molecule has 2 unspecified atom stereocenters. The van der Waals surface area contributed by atoms with Gasteiger partial charge in [0.05, 0.1) is 7.11 Å². The molecule has 0 aromatic heterocycles. The van der Waals surface area contributed by atoms with Gasteiger partial charge in [0.2, 0.25) is 5.91 Å². The van der Waals surface area contributed by atoms with Gasteiger partial charge in [0.1, 0.15) is 29.2 Å². The van der Waals surface area contributed by atoms with Crippen molar-refractivity contribution in [2.75, 3.05) is 31.0 Å². The predicted octanol–water partition coefficient (Wildman–Crippen LogP) is 5.36. The van der Waals surface area contributed by atoms with E-state index in [1.165, 1.54) is 11.0 Å². The van der Waals surface area contributed by atoms with E-state index in [1.54, 1.807) is 82.1 Å². The van der Waals surface area contributed by atoms with Crippen molar-refractivity contribution in [3.05, 3.63) is 54.1 Å². The molecule has 0 fully saturated rings. The standard InChI is InChI=1S/C29H41N3O6S/c1-7-8-18-32(27(35)23(17-19-39-6)31-28(36)38-29(2,3)4)25(22-11-9-10-12-24(22)33)26(34)30-20-13-15-21(37-5)16-14-20/h9-16,23,25,33H,7-8,17-19H2,1-6H3,(H,30,34)(H,31,36). The number of hydrogen-bond donors (Lipinski definition) is 3. The summed E-state index contributed by atoms with van der Waals surface area (Å²) in [6.45, 7) is 7.47. The second-order valence-electron chi connectivity index (χ2n) is 10.0. The SMILES string of the molecule is CCCCN(C(=O)C(CCSC)NC(=O)OC(C)(C)C)C(C(=O)Nc1ccc(OC)cc1)c1ccccc1O. The van der Waals surface area contributed by atoms with Crippen molar-refractivity contribution in [2.45, 2.75) is 64.6 Å². The van der Waals surface area contributed by atoms with Gasteiger partial charge in [-0.1, -0.05) is 31.5 Å². The van der Waals surface area contributed by atoms with Gasteiger partial charge in [0.25, 0.3) is 5.91 Å². The molecule has 0 aliphatic rings. The first-order valence-corrected chi connectivity index (χ1v) is 14.4. The number of amides is 3.